The zero-order valence-electron chi connectivity index (χ0n) is 21.7. The molecule has 1 aliphatic carbocycles. The zero-order chi connectivity index (χ0) is 27.3. The van der Waals surface area contributed by atoms with E-state index in [9.17, 15) is 22.4 Å². The largest absolute Gasteiger partial charge is 0.454 e. The van der Waals surface area contributed by atoms with Crippen LogP contribution in [0.1, 0.15) is 51.5 Å². The molecular weight excluding hydrogens is 513 g/mol. The Labute approximate surface area is 222 Å². The number of benzene rings is 2. The van der Waals surface area contributed by atoms with E-state index in [1.165, 1.54) is 30.0 Å². The molecule has 38 heavy (non-hydrogen) atoms. The van der Waals surface area contributed by atoms with Crippen LogP contribution in [0, 0.1) is 5.82 Å². The molecule has 1 saturated carbocycles. The molecular formula is C27H34FN3O6S. The SMILES string of the molecule is CCS(=O)(=O)N(CC(=O)N(Cc1ccccc1F)C(C)C(=O)NC1CCCCC1)c1ccc2c(c1)OCO2. The van der Waals surface area contributed by atoms with Crippen molar-refractivity contribution in [1.29, 1.82) is 0 Å². The van der Waals surface area contributed by atoms with Gasteiger partial charge in [0, 0.05) is 24.2 Å². The highest BCUT2D eigenvalue weighted by Gasteiger charge is 2.33. The molecule has 1 heterocycles. The Bertz CT molecular complexity index is 1270. The summed E-state index contributed by atoms with van der Waals surface area (Å²) in [6, 6.07) is 9.70. The highest BCUT2D eigenvalue weighted by atomic mass is 32.2. The van der Waals surface area contributed by atoms with Crippen LogP contribution in [0.5, 0.6) is 11.5 Å². The number of nitrogens with zero attached hydrogens (tertiary/aromatic N) is 2. The summed E-state index contributed by atoms with van der Waals surface area (Å²) in [6.07, 6.45) is 4.91. The van der Waals surface area contributed by atoms with Gasteiger partial charge in [-0.05, 0) is 44.9 Å². The third kappa shape index (κ3) is 6.38. The van der Waals surface area contributed by atoms with E-state index < -0.39 is 34.3 Å². The highest BCUT2D eigenvalue weighted by molar-refractivity contribution is 7.92. The Morgan fingerprint density at radius 1 is 1.08 bits per heavy atom. The van der Waals surface area contributed by atoms with Gasteiger partial charge in [-0.1, -0.05) is 37.5 Å². The number of fused-ring (bicyclic) bond motifs is 1. The summed E-state index contributed by atoms with van der Waals surface area (Å²) in [5.41, 5.74) is 0.459. The standard InChI is InChI=1S/C27H34FN3O6S/c1-3-38(34,35)31(22-13-14-24-25(15-22)37-18-36-24)17-26(32)30(16-20-9-7-8-12-23(20)28)19(2)27(33)29-21-10-5-4-6-11-21/h7-9,12-15,19,21H,3-6,10-11,16-18H2,1-2H3,(H,29,33). The molecule has 2 aromatic carbocycles. The number of hydrogen-bond acceptors (Lipinski definition) is 6. The van der Waals surface area contributed by atoms with Crippen molar-refractivity contribution in [1.82, 2.24) is 10.2 Å². The van der Waals surface area contributed by atoms with E-state index in [2.05, 4.69) is 5.32 Å². The first-order chi connectivity index (χ1) is 18.2. The molecule has 1 unspecified atom stereocenters. The normalized spacial score (nSPS) is 16.1. The Balaban J connectivity index is 1.61. The summed E-state index contributed by atoms with van der Waals surface area (Å²) >= 11 is 0. The van der Waals surface area contributed by atoms with Crippen molar-refractivity contribution in [3.63, 3.8) is 0 Å². The van der Waals surface area contributed by atoms with Crippen LogP contribution < -0.4 is 19.1 Å². The number of rotatable bonds is 10. The minimum Gasteiger partial charge on any atom is -0.454 e. The molecule has 11 heteroatoms. The van der Waals surface area contributed by atoms with Gasteiger partial charge in [-0.3, -0.25) is 13.9 Å². The molecule has 9 nitrogen and oxygen atoms in total. The number of halogens is 1. The van der Waals surface area contributed by atoms with Crippen LogP contribution >= 0.6 is 0 Å². The van der Waals surface area contributed by atoms with Crippen LogP contribution in [0.3, 0.4) is 0 Å². The smallest absolute Gasteiger partial charge is 0.244 e. The minimum absolute atomic E-state index is 0.0162. The molecule has 1 atom stereocenters. The molecule has 1 N–H and O–H groups in total. The number of carbonyl (C=O) groups is 2. The topological polar surface area (TPSA) is 105 Å². The van der Waals surface area contributed by atoms with Crippen molar-refractivity contribution < 1.29 is 31.9 Å². The van der Waals surface area contributed by atoms with Gasteiger partial charge in [0.15, 0.2) is 11.5 Å². The lowest BCUT2D eigenvalue weighted by Gasteiger charge is -2.33. The second kappa shape index (κ2) is 12.0. The first kappa shape index (κ1) is 27.7. The van der Waals surface area contributed by atoms with Crippen molar-refractivity contribution in [2.24, 2.45) is 0 Å². The highest BCUT2D eigenvalue weighted by Crippen LogP contribution is 2.36. The number of carbonyl (C=O) groups excluding carboxylic acids is 2. The van der Waals surface area contributed by atoms with Gasteiger partial charge in [0.05, 0.1) is 11.4 Å². The molecule has 0 saturated heterocycles. The van der Waals surface area contributed by atoms with Crippen molar-refractivity contribution in [3.8, 4) is 11.5 Å². The Kier molecular flexibility index (Phi) is 8.76. The Morgan fingerprint density at radius 2 is 1.79 bits per heavy atom. The van der Waals surface area contributed by atoms with Gasteiger partial charge in [-0.15, -0.1) is 0 Å². The number of amides is 2. The lowest BCUT2D eigenvalue weighted by atomic mass is 9.95. The van der Waals surface area contributed by atoms with Gasteiger partial charge in [0.1, 0.15) is 18.4 Å². The zero-order valence-corrected chi connectivity index (χ0v) is 22.5. The number of ether oxygens (including phenoxy) is 2. The van der Waals surface area contributed by atoms with Gasteiger partial charge in [0.25, 0.3) is 0 Å². The fraction of sp³-hybridized carbons (Fsp3) is 0.481. The van der Waals surface area contributed by atoms with Crippen LogP contribution in [-0.2, 0) is 26.2 Å². The second-order valence-corrected chi connectivity index (χ2v) is 11.8. The number of sulfonamides is 1. The lowest BCUT2D eigenvalue weighted by Crippen LogP contribution is -2.53. The first-order valence-electron chi connectivity index (χ1n) is 12.9. The van der Waals surface area contributed by atoms with Crippen LogP contribution in [0.15, 0.2) is 42.5 Å². The van der Waals surface area contributed by atoms with Crippen molar-refractivity contribution in [3.05, 3.63) is 53.8 Å². The third-order valence-electron chi connectivity index (χ3n) is 7.04. The van der Waals surface area contributed by atoms with E-state index in [0.29, 0.717) is 11.5 Å². The molecule has 2 aromatic rings. The maximum atomic E-state index is 14.6. The molecule has 1 aliphatic heterocycles. The lowest BCUT2D eigenvalue weighted by molar-refractivity contribution is -0.139. The summed E-state index contributed by atoms with van der Waals surface area (Å²) in [7, 11) is -3.89. The molecule has 0 radical (unpaired) electrons. The van der Waals surface area contributed by atoms with E-state index in [4.69, 9.17) is 9.47 Å². The summed E-state index contributed by atoms with van der Waals surface area (Å²) < 4.78 is 52.4. The van der Waals surface area contributed by atoms with E-state index in [0.717, 1.165) is 36.4 Å². The monoisotopic (exact) mass is 547 g/mol. The molecule has 0 spiro atoms. The van der Waals surface area contributed by atoms with E-state index in [1.54, 1.807) is 31.2 Å². The van der Waals surface area contributed by atoms with E-state index in [1.807, 2.05) is 0 Å². The maximum Gasteiger partial charge on any atom is 0.244 e. The van der Waals surface area contributed by atoms with E-state index in [-0.39, 0.29) is 42.3 Å². The predicted octanol–water partition coefficient (Wildman–Crippen LogP) is 3.58. The molecule has 2 amide bonds. The molecule has 4 rings (SSSR count). The minimum atomic E-state index is -3.89. The van der Waals surface area contributed by atoms with Crippen molar-refractivity contribution >= 4 is 27.5 Å². The van der Waals surface area contributed by atoms with Crippen LogP contribution in [-0.4, -0.2) is 56.3 Å². The summed E-state index contributed by atoms with van der Waals surface area (Å²) in [6.45, 7) is 2.33. The molecule has 2 aliphatic rings. The average Bonchev–Trinajstić information content (AvgIpc) is 3.39. The fourth-order valence-corrected chi connectivity index (χ4v) is 5.78. The summed E-state index contributed by atoms with van der Waals surface area (Å²) in [5.74, 6) is -0.902. The number of hydrogen-bond donors (Lipinski definition) is 1. The third-order valence-corrected chi connectivity index (χ3v) is 8.78. The van der Waals surface area contributed by atoms with Gasteiger partial charge < -0.3 is 19.7 Å². The second-order valence-electron chi connectivity index (χ2n) is 9.58. The molecule has 0 aromatic heterocycles. The van der Waals surface area contributed by atoms with Gasteiger partial charge in [-0.25, -0.2) is 12.8 Å². The molecule has 0 bridgehead atoms. The van der Waals surface area contributed by atoms with E-state index >= 15 is 0 Å². The fourth-order valence-electron chi connectivity index (χ4n) is 4.72. The molecule has 206 valence electrons. The number of nitrogens with one attached hydrogen (secondary N) is 1. The van der Waals surface area contributed by atoms with Gasteiger partial charge >= 0.3 is 0 Å². The van der Waals surface area contributed by atoms with Gasteiger partial charge in [0.2, 0.25) is 28.6 Å². The van der Waals surface area contributed by atoms with Crippen molar-refractivity contribution in [2.45, 2.75) is 64.6 Å². The van der Waals surface area contributed by atoms with Crippen molar-refractivity contribution in [2.75, 3.05) is 23.4 Å². The summed E-state index contributed by atoms with van der Waals surface area (Å²) in [4.78, 5) is 28.2. The van der Waals surface area contributed by atoms with Crippen LogP contribution in [0.4, 0.5) is 10.1 Å². The summed E-state index contributed by atoms with van der Waals surface area (Å²) in [5, 5.41) is 3.02. The predicted molar refractivity (Wildman–Crippen MR) is 141 cm³/mol. The maximum absolute atomic E-state index is 14.6. The van der Waals surface area contributed by atoms with Gasteiger partial charge in [-0.2, -0.15) is 0 Å². The first-order valence-corrected chi connectivity index (χ1v) is 14.5. The van der Waals surface area contributed by atoms with Crippen LogP contribution in [0.25, 0.3) is 0 Å². The Hall–Kier alpha value is -3.34. The average molecular weight is 548 g/mol. The Morgan fingerprint density at radius 3 is 2.50 bits per heavy atom. The van der Waals surface area contributed by atoms with Crippen LogP contribution in [0.2, 0.25) is 0 Å². The quantitative estimate of drug-likeness (QED) is 0.488. The number of anilines is 1. The molecule has 1 fully saturated rings.